The van der Waals surface area contributed by atoms with Crippen LogP contribution in [0.2, 0.25) is 0 Å². The number of hydrogen-bond acceptors (Lipinski definition) is 7. The van der Waals surface area contributed by atoms with Crippen molar-refractivity contribution < 1.29 is 38.2 Å². The molecule has 0 aliphatic heterocycles. The molecule has 0 N–H and O–H groups in total. The van der Waals surface area contributed by atoms with Crippen LogP contribution in [0.1, 0.15) is 168 Å². The number of unbranched alkanes of at least 4 members (excludes halogenated alkanes) is 14. The highest BCUT2D eigenvalue weighted by Crippen LogP contribution is 2.13. The average Bonchev–Trinajstić information content (AvgIpc) is 3.14. The Morgan fingerprint density at radius 3 is 1.51 bits per heavy atom. The summed E-state index contributed by atoms with van der Waals surface area (Å²) in [4.78, 5) is 36.7. The summed E-state index contributed by atoms with van der Waals surface area (Å²) in [6, 6.07) is -0.726. The Hall–Kier alpha value is -2.97. The number of carboxylic acids is 1. The second kappa shape index (κ2) is 37.9. The van der Waals surface area contributed by atoms with E-state index in [4.69, 9.17) is 14.2 Å². The van der Waals surface area contributed by atoms with Gasteiger partial charge < -0.3 is 28.6 Å². The molecule has 0 aromatic carbocycles. The smallest absolute Gasteiger partial charge is 0.306 e. The SMILES string of the molecule is CC/C=C/C/C=C/C/C=C/C/C=C/C/C=C/CCCCCCCCCC(=O)OCC(COCCC(C(=O)[O-])[N+](C)(C)C)OC(=O)CCCCCCCCCC. The highest BCUT2D eigenvalue weighted by Gasteiger charge is 2.25. The fourth-order valence-corrected chi connectivity index (χ4v) is 6.04. The lowest BCUT2D eigenvalue weighted by atomic mass is 10.1. The molecule has 0 saturated heterocycles. The minimum absolute atomic E-state index is 0.0361. The first kappa shape index (κ1) is 52.0. The van der Waals surface area contributed by atoms with Crippen LogP contribution in [0.3, 0.4) is 0 Å². The first-order valence-electron chi connectivity index (χ1n) is 21.8. The molecular weight excluding hydrogens is 691 g/mol. The summed E-state index contributed by atoms with van der Waals surface area (Å²) in [6.45, 7) is 4.49. The minimum atomic E-state index is -1.13. The van der Waals surface area contributed by atoms with Gasteiger partial charge in [-0.3, -0.25) is 9.59 Å². The number of allylic oxidation sites excluding steroid dienone is 10. The summed E-state index contributed by atoms with van der Waals surface area (Å²) < 4.78 is 17.1. The fraction of sp³-hybridized carbons (Fsp3) is 0.723. The van der Waals surface area contributed by atoms with Crippen molar-refractivity contribution >= 4 is 17.9 Å². The number of carboxylic acid groups (broad SMARTS) is 1. The second-order valence-corrected chi connectivity index (χ2v) is 15.6. The number of hydrogen-bond donors (Lipinski definition) is 0. The molecule has 8 heteroatoms. The van der Waals surface area contributed by atoms with Gasteiger partial charge in [0.1, 0.15) is 12.6 Å². The Bertz CT molecular complexity index is 1090. The molecule has 0 amide bonds. The van der Waals surface area contributed by atoms with Crippen LogP contribution in [0.25, 0.3) is 0 Å². The van der Waals surface area contributed by atoms with Gasteiger partial charge in [0.25, 0.3) is 0 Å². The van der Waals surface area contributed by atoms with Gasteiger partial charge in [-0.1, -0.05) is 152 Å². The number of rotatable bonds is 38. The number of nitrogens with zero attached hydrogens (tertiary/aromatic N) is 1. The van der Waals surface area contributed by atoms with Crippen molar-refractivity contribution in [3.05, 3.63) is 60.8 Å². The van der Waals surface area contributed by atoms with Gasteiger partial charge in [-0.25, -0.2) is 0 Å². The monoisotopic (exact) mass is 772 g/mol. The highest BCUT2D eigenvalue weighted by molar-refractivity contribution is 5.70. The van der Waals surface area contributed by atoms with Gasteiger partial charge in [0.15, 0.2) is 6.10 Å². The number of aliphatic carboxylic acids is 1. The molecule has 0 radical (unpaired) electrons. The highest BCUT2D eigenvalue weighted by atomic mass is 16.6. The topological polar surface area (TPSA) is 102 Å². The molecule has 0 rings (SSSR count). The van der Waals surface area contributed by atoms with E-state index in [2.05, 4.69) is 74.6 Å². The van der Waals surface area contributed by atoms with E-state index in [1.54, 1.807) is 21.1 Å². The summed E-state index contributed by atoms with van der Waals surface area (Å²) in [5.41, 5.74) is 0. The predicted molar refractivity (Wildman–Crippen MR) is 226 cm³/mol. The van der Waals surface area contributed by atoms with Crippen LogP contribution in [-0.4, -0.2) is 75.5 Å². The molecule has 316 valence electrons. The van der Waals surface area contributed by atoms with Crippen LogP contribution in [0, 0.1) is 0 Å². The number of ether oxygens (including phenoxy) is 3. The molecule has 0 heterocycles. The quantitative estimate of drug-likeness (QED) is 0.0266. The summed E-state index contributed by atoms with van der Waals surface area (Å²) in [7, 11) is 5.39. The van der Waals surface area contributed by atoms with Crippen molar-refractivity contribution in [2.75, 3.05) is 41.0 Å². The number of esters is 2. The van der Waals surface area contributed by atoms with Crippen LogP contribution in [0.5, 0.6) is 0 Å². The van der Waals surface area contributed by atoms with Crippen molar-refractivity contribution in [1.29, 1.82) is 0 Å². The van der Waals surface area contributed by atoms with Gasteiger partial charge in [-0.05, 0) is 57.8 Å². The largest absolute Gasteiger partial charge is 0.544 e. The van der Waals surface area contributed by atoms with E-state index < -0.39 is 18.1 Å². The zero-order chi connectivity index (χ0) is 40.7. The van der Waals surface area contributed by atoms with E-state index in [-0.39, 0.29) is 42.7 Å². The van der Waals surface area contributed by atoms with Gasteiger partial charge in [-0.2, -0.15) is 0 Å². The van der Waals surface area contributed by atoms with E-state index in [9.17, 15) is 19.5 Å². The van der Waals surface area contributed by atoms with E-state index in [0.717, 1.165) is 77.0 Å². The molecule has 0 aromatic heterocycles. The lowest BCUT2D eigenvalue weighted by Gasteiger charge is -2.34. The summed E-state index contributed by atoms with van der Waals surface area (Å²) in [5, 5.41) is 11.6. The summed E-state index contributed by atoms with van der Waals surface area (Å²) in [6.07, 6.45) is 45.4. The number of quaternary nitrogens is 1. The van der Waals surface area contributed by atoms with E-state index in [1.807, 2.05) is 0 Å². The van der Waals surface area contributed by atoms with Crippen LogP contribution in [-0.2, 0) is 28.6 Å². The normalized spacial score (nSPS) is 13.5. The van der Waals surface area contributed by atoms with Gasteiger partial charge in [0.2, 0.25) is 0 Å². The van der Waals surface area contributed by atoms with Crippen molar-refractivity contribution in [1.82, 2.24) is 0 Å². The molecule has 0 saturated carbocycles. The van der Waals surface area contributed by atoms with E-state index >= 15 is 0 Å². The molecule has 0 aromatic rings. The van der Waals surface area contributed by atoms with Crippen molar-refractivity contribution in [3.8, 4) is 0 Å². The van der Waals surface area contributed by atoms with Crippen LogP contribution >= 0.6 is 0 Å². The first-order chi connectivity index (χ1) is 26.6. The summed E-state index contributed by atoms with van der Waals surface area (Å²) >= 11 is 0. The maximum absolute atomic E-state index is 12.6. The zero-order valence-electron chi connectivity index (χ0n) is 35.8. The zero-order valence-corrected chi connectivity index (χ0v) is 35.8. The fourth-order valence-electron chi connectivity index (χ4n) is 6.04. The third-order valence-electron chi connectivity index (χ3n) is 9.42. The van der Waals surface area contributed by atoms with Gasteiger partial charge >= 0.3 is 11.9 Å². The van der Waals surface area contributed by atoms with E-state index in [1.165, 1.54) is 57.8 Å². The van der Waals surface area contributed by atoms with Crippen LogP contribution in [0.15, 0.2) is 60.8 Å². The Morgan fingerprint density at radius 2 is 1.02 bits per heavy atom. The lowest BCUT2D eigenvalue weighted by Crippen LogP contribution is -2.55. The molecule has 2 unspecified atom stereocenters. The predicted octanol–water partition coefficient (Wildman–Crippen LogP) is 10.5. The maximum Gasteiger partial charge on any atom is 0.306 e. The third kappa shape index (κ3) is 36.4. The average molecular weight is 772 g/mol. The van der Waals surface area contributed by atoms with Crippen molar-refractivity contribution in [2.24, 2.45) is 0 Å². The Morgan fingerprint density at radius 1 is 0.564 bits per heavy atom. The Labute approximate surface area is 337 Å². The minimum Gasteiger partial charge on any atom is -0.544 e. The lowest BCUT2D eigenvalue weighted by molar-refractivity contribution is -0.889. The molecule has 0 aliphatic carbocycles. The van der Waals surface area contributed by atoms with Gasteiger partial charge in [-0.15, -0.1) is 0 Å². The first-order valence-corrected chi connectivity index (χ1v) is 21.8. The molecule has 0 bridgehead atoms. The molecule has 0 fully saturated rings. The second-order valence-electron chi connectivity index (χ2n) is 15.6. The standard InChI is InChI=1S/C47H81NO7/c1-6-8-10-12-14-16-17-18-19-20-21-22-23-24-25-26-27-28-29-30-32-33-35-37-45(49)54-42-43(41-53-40-39-44(47(51)52)48(3,4)5)55-46(50)38-36-34-31-15-13-11-9-7-2/h8,10,14,16,18-19,21-22,24-25,43-44H,6-7,9,11-13,15,17,20,23,26-42H2,1-5H3/b10-8+,16-14+,19-18+,22-21+,25-24+. The number of carbonyl (C=O) groups excluding carboxylic acids is 3. The molecule has 8 nitrogen and oxygen atoms in total. The molecule has 2 atom stereocenters. The maximum atomic E-state index is 12.6. The van der Waals surface area contributed by atoms with Crippen molar-refractivity contribution in [3.63, 3.8) is 0 Å². The van der Waals surface area contributed by atoms with Crippen LogP contribution in [0.4, 0.5) is 0 Å². The Kier molecular flexibility index (Phi) is 35.9. The molecule has 0 spiro atoms. The molecule has 55 heavy (non-hydrogen) atoms. The number of likely N-dealkylation sites (N-methyl/N-ethyl adjacent to an activating group) is 1. The van der Waals surface area contributed by atoms with Gasteiger partial charge in [0.05, 0.1) is 40.3 Å². The Balaban J connectivity index is 4.22. The molecular formula is C47H81NO7. The third-order valence-corrected chi connectivity index (χ3v) is 9.42. The van der Waals surface area contributed by atoms with E-state index in [0.29, 0.717) is 12.8 Å². The molecule has 0 aliphatic rings. The van der Waals surface area contributed by atoms with Crippen LogP contribution < -0.4 is 5.11 Å². The summed E-state index contributed by atoms with van der Waals surface area (Å²) in [5.74, 6) is -1.76. The number of carbonyl (C=O) groups is 3. The van der Waals surface area contributed by atoms with Gasteiger partial charge in [0, 0.05) is 19.3 Å². The van der Waals surface area contributed by atoms with Crippen molar-refractivity contribution in [2.45, 2.75) is 180 Å².